The third-order valence-corrected chi connectivity index (χ3v) is 8.07. The van der Waals surface area contributed by atoms with Crippen LogP contribution in [-0.2, 0) is 26.2 Å². The topological polar surface area (TPSA) is 234 Å². The van der Waals surface area contributed by atoms with Gasteiger partial charge < -0.3 is 45.5 Å². The number of aromatic nitrogens is 5. The number of aryl methyl sites for hydroxylation is 1. The summed E-state index contributed by atoms with van der Waals surface area (Å²) in [5.41, 5.74) is 2.16. The van der Waals surface area contributed by atoms with Crippen LogP contribution < -0.4 is 15.4 Å². The average Bonchev–Trinajstić information content (AvgIpc) is 3.68. The Morgan fingerprint density at radius 1 is 1.08 bits per heavy atom. The molecule has 1 fully saturated rings. The Kier molecular flexibility index (Phi) is 12.0. The number of aliphatic hydroxyl groups excluding tert-OH is 1. The fourth-order valence-electron chi connectivity index (χ4n) is 5.48. The van der Waals surface area contributed by atoms with E-state index >= 15 is 0 Å². The van der Waals surface area contributed by atoms with E-state index in [4.69, 9.17) is 14.9 Å². The first-order chi connectivity index (χ1) is 23.3. The Morgan fingerprint density at radius 2 is 1.82 bits per heavy atom. The summed E-state index contributed by atoms with van der Waals surface area (Å²) in [6.45, 7) is -0.850. The van der Waals surface area contributed by atoms with Crippen molar-refractivity contribution in [1.82, 2.24) is 29.6 Å². The second-order valence-electron chi connectivity index (χ2n) is 11.6. The summed E-state index contributed by atoms with van der Waals surface area (Å²) in [4.78, 5) is 43.1. The van der Waals surface area contributed by atoms with Crippen LogP contribution in [0.4, 0.5) is 24.7 Å². The van der Waals surface area contributed by atoms with Gasteiger partial charge in [0.2, 0.25) is 6.10 Å². The van der Waals surface area contributed by atoms with Crippen LogP contribution in [0.3, 0.4) is 0 Å². The molecule has 270 valence electrons. The first-order valence-electron chi connectivity index (χ1n) is 15.3. The Bertz CT molecular complexity index is 1780. The van der Waals surface area contributed by atoms with Gasteiger partial charge in [-0.3, -0.25) is 9.59 Å². The number of nitrogens with zero attached hydrogens (tertiary/aromatic N) is 5. The fraction of sp³-hybridized carbons (Fsp3) is 0.419. The molecule has 1 aliphatic carbocycles. The van der Waals surface area contributed by atoms with Gasteiger partial charge in [0, 0.05) is 50.2 Å². The maximum atomic E-state index is 13.7. The smallest absolute Gasteiger partial charge is 0.426 e. The molecule has 1 aromatic carbocycles. The van der Waals surface area contributed by atoms with Crippen molar-refractivity contribution in [3.05, 3.63) is 55.1 Å². The predicted molar refractivity (Wildman–Crippen MR) is 169 cm³/mol. The van der Waals surface area contributed by atoms with Crippen molar-refractivity contribution < 1.29 is 57.8 Å². The third-order valence-electron chi connectivity index (χ3n) is 8.07. The second-order valence-corrected chi connectivity index (χ2v) is 11.6. The van der Waals surface area contributed by atoms with Gasteiger partial charge >= 0.3 is 24.1 Å². The molecule has 0 amide bonds. The number of carbonyl (C=O) groups is 3. The number of benzene rings is 1. The van der Waals surface area contributed by atoms with E-state index < -0.39 is 55.2 Å². The number of carbonyl (C=O) groups excluding carboxylic acids is 1. The van der Waals surface area contributed by atoms with E-state index in [0.29, 0.717) is 54.3 Å². The standard InChI is InChI=1S/C31H34F3N7O8.H2O/c1-40-16-37-27-21(38-24-9-11-41(39-24)25-4-2-3-10-35-25)12-19(13-22(27)40)48-18-7-5-17(6-8-18)36-15-23(31(32,33)34)49-30(47)28(44)20(29(45)46)14-26(42)43;/h2-4,9-13,16-18,20,23,28,36,44H,5-8,14-15H2,1H3,(H,38,39)(H,42,43)(H,45,46);1H2. The van der Waals surface area contributed by atoms with Gasteiger partial charge in [-0.05, 0) is 37.8 Å². The van der Waals surface area contributed by atoms with Crippen molar-refractivity contribution in [2.24, 2.45) is 13.0 Å². The maximum absolute atomic E-state index is 13.7. The van der Waals surface area contributed by atoms with Crippen molar-refractivity contribution in [1.29, 1.82) is 0 Å². The van der Waals surface area contributed by atoms with Gasteiger partial charge in [-0.15, -0.1) is 5.10 Å². The van der Waals surface area contributed by atoms with Crippen molar-refractivity contribution in [2.45, 2.75) is 62.6 Å². The lowest BCUT2D eigenvalue weighted by Gasteiger charge is -2.31. The fourth-order valence-corrected chi connectivity index (χ4v) is 5.48. The lowest BCUT2D eigenvalue weighted by Crippen LogP contribution is -2.48. The van der Waals surface area contributed by atoms with E-state index in [1.54, 1.807) is 29.5 Å². The Morgan fingerprint density at radius 3 is 2.46 bits per heavy atom. The zero-order valence-corrected chi connectivity index (χ0v) is 26.6. The first-order valence-corrected chi connectivity index (χ1v) is 15.3. The lowest BCUT2D eigenvalue weighted by molar-refractivity contribution is -0.225. The number of rotatable bonds is 14. The van der Waals surface area contributed by atoms with Crippen LogP contribution in [0.25, 0.3) is 16.9 Å². The quantitative estimate of drug-likeness (QED) is 0.119. The van der Waals surface area contributed by atoms with Gasteiger partial charge in [0.1, 0.15) is 17.2 Å². The van der Waals surface area contributed by atoms with Gasteiger partial charge in [-0.2, -0.15) is 13.2 Å². The number of nitrogens with one attached hydrogen (secondary N) is 2. The maximum Gasteiger partial charge on any atom is 0.426 e. The number of anilines is 2. The van der Waals surface area contributed by atoms with Crippen LogP contribution in [-0.4, -0.2) is 100 Å². The average molecular weight is 708 g/mol. The molecule has 4 aromatic rings. The molecule has 3 unspecified atom stereocenters. The molecule has 3 aromatic heterocycles. The molecule has 1 saturated carbocycles. The molecule has 0 saturated heterocycles. The minimum atomic E-state index is -5.04. The zero-order valence-electron chi connectivity index (χ0n) is 26.6. The normalized spacial score (nSPS) is 18.0. The first kappa shape index (κ1) is 37.5. The van der Waals surface area contributed by atoms with E-state index in [-0.39, 0.29) is 17.6 Å². The highest BCUT2D eigenvalue weighted by Crippen LogP contribution is 2.33. The van der Waals surface area contributed by atoms with E-state index in [1.165, 1.54) is 0 Å². The number of hydrogen-bond donors (Lipinski definition) is 5. The van der Waals surface area contributed by atoms with Gasteiger partial charge in [-0.25, -0.2) is 19.4 Å². The Hall–Kier alpha value is -5.27. The summed E-state index contributed by atoms with van der Waals surface area (Å²) < 4.78 is 55.3. The number of fused-ring (bicyclic) bond motifs is 1. The number of ether oxygens (including phenoxy) is 2. The summed E-state index contributed by atoms with van der Waals surface area (Å²) in [6.07, 6.45) is -4.76. The van der Waals surface area contributed by atoms with Crippen molar-refractivity contribution in [2.75, 3.05) is 11.9 Å². The number of imidazole rings is 1. The number of pyridine rings is 1. The molecule has 3 heterocycles. The molecule has 3 atom stereocenters. The summed E-state index contributed by atoms with van der Waals surface area (Å²) in [7, 11) is 1.85. The summed E-state index contributed by atoms with van der Waals surface area (Å²) in [5.74, 6) is -5.82. The SMILES string of the molecule is Cn1cnc2c(Nc3ccn(-c4ccccn4)n3)cc(OC3CCC(NCC(OC(=O)C(O)C(CC(=O)O)C(=O)O)C(F)(F)F)CC3)cc21.O. The molecular formula is C31H36F3N7O9. The van der Waals surface area contributed by atoms with Crippen LogP contribution in [0, 0.1) is 5.92 Å². The summed E-state index contributed by atoms with van der Waals surface area (Å²) in [6, 6.07) is 10.6. The lowest BCUT2D eigenvalue weighted by atomic mass is 9.92. The summed E-state index contributed by atoms with van der Waals surface area (Å²) in [5, 5.41) is 38.4. The molecule has 0 spiro atoms. The molecule has 1 aliphatic rings. The number of alkyl halides is 3. The molecule has 0 aliphatic heterocycles. The summed E-state index contributed by atoms with van der Waals surface area (Å²) >= 11 is 0. The van der Waals surface area contributed by atoms with Crippen LogP contribution in [0.2, 0.25) is 0 Å². The number of aliphatic hydroxyl groups is 1. The Labute approximate surface area is 282 Å². The molecule has 16 nitrogen and oxygen atoms in total. The predicted octanol–water partition coefficient (Wildman–Crippen LogP) is 2.36. The van der Waals surface area contributed by atoms with E-state index in [1.807, 2.05) is 41.9 Å². The number of aliphatic carboxylic acids is 2. The highest BCUT2D eigenvalue weighted by Gasteiger charge is 2.45. The highest BCUT2D eigenvalue weighted by molar-refractivity contribution is 5.91. The zero-order chi connectivity index (χ0) is 35.3. The third kappa shape index (κ3) is 9.24. The van der Waals surface area contributed by atoms with Crippen LogP contribution in [0.5, 0.6) is 5.75 Å². The number of halogens is 3. The molecule has 0 radical (unpaired) electrons. The van der Waals surface area contributed by atoms with E-state index in [9.17, 15) is 32.7 Å². The number of carboxylic acids is 2. The van der Waals surface area contributed by atoms with Gasteiger partial charge in [0.25, 0.3) is 0 Å². The largest absolute Gasteiger partial charge is 0.490 e. The van der Waals surface area contributed by atoms with Crippen molar-refractivity contribution in [3.63, 3.8) is 0 Å². The monoisotopic (exact) mass is 707 g/mol. The van der Waals surface area contributed by atoms with Crippen molar-refractivity contribution in [3.8, 4) is 11.6 Å². The van der Waals surface area contributed by atoms with Gasteiger partial charge in [0.05, 0.1) is 30.1 Å². The van der Waals surface area contributed by atoms with Gasteiger partial charge in [-0.1, -0.05) is 6.07 Å². The molecular weight excluding hydrogens is 671 g/mol. The van der Waals surface area contributed by atoms with Crippen LogP contribution >= 0.6 is 0 Å². The Balaban J connectivity index is 0.00000562. The highest BCUT2D eigenvalue weighted by atomic mass is 19.4. The van der Waals surface area contributed by atoms with E-state index in [2.05, 4.69) is 30.4 Å². The molecule has 0 bridgehead atoms. The second kappa shape index (κ2) is 16.0. The minimum absolute atomic E-state index is 0. The molecule has 7 N–H and O–H groups in total. The molecule has 50 heavy (non-hydrogen) atoms. The number of carboxylic acid groups (broad SMARTS) is 2. The number of esters is 1. The molecule has 5 rings (SSSR count). The molecule has 19 heteroatoms. The van der Waals surface area contributed by atoms with E-state index in [0.717, 1.165) is 5.52 Å². The van der Waals surface area contributed by atoms with Crippen LogP contribution in [0.1, 0.15) is 32.1 Å². The van der Waals surface area contributed by atoms with Gasteiger partial charge in [0.15, 0.2) is 17.7 Å². The minimum Gasteiger partial charge on any atom is -0.490 e. The van der Waals surface area contributed by atoms with Crippen LogP contribution in [0.15, 0.2) is 55.1 Å². The number of hydrogen-bond acceptors (Lipinski definition) is 11. The van der Waals surface area contributed by atoms with Crippen molar-refractivity contribution >= 4 is 40.4 Å².